The number of hydrogen-bond donors (Lipinski definition) is 3. The summed E-state index contributed by atoms with van der Waals surface area (Å²) in [5.74, 6) is 0.219. The first-order chi connectivity index (χ1) is 9.38. The van der Waals surface area contributed by atoms with Crippen molar-refractivity contribution in [2.75, 3.05) is 0 Å². The molecule has 0 bridgehead atoms. The molecule has 5 heteroatoms. The molecule has 0 spiro atoms. The minimum Gasteiger partial charge on any atom is -0.507 e. The molecule has 1 heterocycles. The molecule has 1 aromatic carbocycles. The Balaban J connectivity index is 2.48. The van der Waals surface area contributed by atoms with Crippen molar-refractivity contribution < 1.29 is 19.8 Å². The minimum atomic E-state index is -0.429. The van der Waals surface area contributed by atoms with Gasteiger partial charge in [0.2, 0.25) is 5.91 Å². The smallest absolute Gasteiger partial charge is 0.250 e. The van der Waals surface area contributed by atoms with Crippen LogP contribution in [0.15, 0.2) is 0 Å². The van der Waals surface area contributed by atoms with Crippen molar-refractivity contribution in [3.05, 3.63) is 22.3 Å². The number of benzene rings is 1. The zero-order valence-corrected chi connectivity index (χ0v) is 12.3. The molecule has 1 amide bonds. The second-order valence-electron chi connectivity index (χ2n) is 5.48. The van der Waals surface area contributed by atoms with Crippen LogP contribution in [0.3, 0.4) is 0 Å². The van der Waals surface area contributed by atoms with Crippen LogP contribution in [-0.2, 0) is 11.2 Å². The summed E-state index contributed by atoms with van der Waals surface area (Å²) >= 11 is 0. The van der Waals surface area contributed by atoms with Crippen molar-refractivity contribution in [2.24, 2.45) is 5.92 Å². The molecule has 0 aromatic heterocycles. The topological polar surface area (TPSA) is 78.8 Å². The number of phenols is 1. The summed E-state index contributed by atoms with van der Waals surface area (Å²) in [4.78, 5) is 11.7. The maximum absolute atomic E-state index is 11.7. The molecule has 2 rings (SSSR count). The second-order valence-corrected chi connectivity index (χ2v) is 5.48. The SMILES string of the molecule is Cc1c(C)c2c(c(C)c1O)CCC(C(=O)NO)C(C)O2. The van der Waals surface area contributed by atoms with Gasteiger partial charge in [0.1, 0.15) is 17.6 Å². The Labute approximate surface area is 118 Å². The number of hydroxylamine groups is 1. The Morgan fingerprint density at radius 2 is 1.90 bits per heavy atom. The van der Waals surface area contributed by atoms with Crippen LogP contribution in [0.4, 0.5) is 0 Å². The molecule has 110 valence electrons. The maximum atomic E-state index is 11.7. The molecule has 0 radical (unpaired) electrons. The molecule has 1 aromatic rings. The second kappa shape index (κ2) is 5.32. The third-order valence-corrected chi connectivity index (χ3v) is 4.36. The van der Waals surface area contributed by atoms with Gasteiger partial charge < -0.3 is 9.84 Å². The quantitative estimate of drug-likeness (QED) is 0.543. The highest BCUT2D eigenvalue weighted by molar-refractivity contribution is 5.78. The first kappa shape index (κ1) is 14.7. The van der Waals surface area contributed by atoms with Crippen molar-refractivity contribution in [2.45, 2.75) is 46.6 Å². The zero-order chi connectivity index (χ0) is 15.0. The Morgan fingerprint density at radius 1 is 1.25 bits per heavy atom. The van der Waals surface area contributed by atoms with Crippen molar-refractivity contribution in [1.82, 2.24) is 5.48 Å². The minimum absolute atomic E-state index is 0.294. The Morgan fingerprint density at radius 3 is 2.50 bits per heavy atom. The van der Waals surface area contributed by atoms with Crippen LogP contribution in [0.5, 0.6) is 11.5 Å². The molecule has 0 fully saturated rings. The lowest BCUT2D eigenvalue weighted by Crippen LogP contribution is -2.36. The molecular weight excluding hydrogens is 258 g/mol. The summed E-state index contributed by atoms with van der Waals surface area (Å²) in [6.45, 7) is 7.45. The number of carbonyl (C=O) groups excluding carboxylic acids is 1. The van der Waals surface area contributed by atoms with E-state index in [4.69, 9.17) is 9.94 Å². The fourth-order valence-corrected chi connectivity index (χ4v) is 2.86. The van der Waals surface area contributed by atoms with Crippen LogP contribution >= 0.6 is 0 Å². The summed E-state index contributed by atoms with van der Waals surface area (Å²) in [5, 5.41) is 19.0. The summed E-state index contributed by atoms with van der Waals surface area (Å²) in [6, 6.07) is 0. The lowest BCUT2D eigenvalue weighted by molar-refractivity contribution is -0.136. The summed E-state index contributed by atoms with van der Waals surface area (Å²) in [7, 11) is 0. The van der Waals surface area contributed by atoms with E-state index in [0.29, 0.717) is 18.6 Å². The average Bonchev–Trinajstić information content (AvgIpc) is 2.61. The van der Waals surface area contributed by atoms with Gasteiger partial charge in [-0.3, -0.25) is 10.0 Å². The fraction of sp³-hybridized carbons (Fsp3) is 0.533. The zero-order valence-electron chi connectivity index (χ0n) is 12.3. The fourth-order valence-electron chi connectivity index (χ4n) is 2.86. The van der Waals surface area contributed by atoms with Crippen LogP contribution in [-0.4, -0.2) is 22.3 Å². The largest absolute Gasteiger partial charge is 0.507 e. The van der Waals surface area contributed by atoms with E-state index in [1.165, 1.54) is 0 Å². The number of carbonyl (C=O) groups is 1. The van der Waals surface area contributed by atoms with Crippen molar-refractivity contribution in [1.29, 1.82) is 0 Å². The number of phenolic OH excluding ortho intramolecular Hbond substituents is 1. The van der Waals surface area contributed by atoms with E-state index >= 15 is 0 Å². The van der Waals surface area contributed by atoms with E-state index in [0.717, 1.165) is 28.0 Å². The van der Waals surface area contributed by atoms with Gasteiger partial charge in [-0.15, -0.1) is 0 Å². The molecule has 3 N–H and O–H groups in total. The Kier molecular flexibility index (Phi) is 3.90. The first-order valence-corrected chi connectivity index (χ1v) is 6.80. The molecule has 20 heavy (non-hydrogen) atoms. The average molecular weight is 279 g/mol. The van der Waals surface area contributed by atoms with Gasteiger partial charge in [-0.25, -0.2) is 5.48 Å². The highest BCUT2D eigenvalue weighted by atomic mass is 16.5. The maximum Gasteiger partial charge on any atom is 0.250 e. The lowest BCUT2D eigenvalue weighted by atomic mass is 9.92. The molecule has 0 saturated heterocycles. The number of amides is 1. The van der Waals surface area contributed by atoms with Crippen LogP contribution in [0.25, 0.3) is 0 Å². The standard InChI is InChI=1S/C15H21NO4/c1-7-8(2)14-11(9(3)13(7)17)5-6-12(10(4)20-14)15(18)16-19/h10,12,17,19H,5-6H2,1-4H3,(H,16,18). The summed E-state index contributed by atoms with van der Waals surface area (Å²) in [5.41, 5.74) is 5.17. The first-order valence-electron chi connectivity index (χ1n) is 6.80. The van der Waals surface area contributed by atoms with Crippen LogP contribution in [0, 0.1) is 26.7 Å². The summed E-state index contributed by atoms with van der Waals surface area (Å²) in [6.07, 6.45) is 0.882. The Hall–Kier alpha value is -1.75. The molecule has 2 unspecified atom stereocenters. The van der Waals surface area contributed by atoms with Gasteiger partial charge in [0.05, 0.1) is 5.92 Å². The summed E-state index contributed by atoms with van der Waals surface area (Å²) < 4.78 is 5.96. The number of fused-ring (bicyclic) bond motifs is 1. The van der Waals surface area contributed by atoms with E-state index in [9.17, 15) is 9.90 Å². The van der Waals surface area contributed by atoms with Crippen molar-refractivity contribution in [3.63, 3.8) is 0 Å². The van der Waals surface area contributed by atoms with Gasteiger partial charge in [0.15, 0.2) is 0 Å². The highest BCUT2D eigenvalue weighted by Gasteiger charge is 2.32. The number of rotatable bonds is 1. The van der Waals surface area contributed by atoms with Gasteiger partial charge in [0, 0.05) is 5.56 Å². The molecule has 0 aliphatic carbocycles. The molecule has 1 aliphatic rings. The van der Waals surface area contributed by atoms with Gasteiger partial charge in [-0.05, 0) is 57.2 Å². The van der Waals surface area contributed by atoms with Crippen LogP contribution in [0.1, 0.15) is 35.6 Å². The number of ether oxygens (including phenoxy) is 1. The molecule has 2 atom stereocenters. The molecule has 1 aliphatic heterocycles. The third-order valence-electron chi connectivity index (χ3n) is 4.36. The van der Waals surface area contributed by atoms with Gasteiger partial charge in [0.25, 0.3) is 0 Å². The monoisotopic (exact) mass is 279 g/mol. The molecule has 5 nitrogen and oxygen atoms in total. The van der Waals surface area contributed by atoms with E-state index in [2.05, 4.69) is 0 Å². The molecule has 0 saturated carbocycles. The number of aromatic hydroxyl groups is 1. The number of nitrogens with one attached hydrogen (secondary N) is 1. The molecular formula is C15H21NO4. The highest BCUT2D eigenvalue weighted by Crippen LogP contribution is 2.41. The van der Waals surface area contributed by atoms with Crippen molar-refractivity contribution >= 4 is 5.91 Å². The van der Waals surface area contributed by atoms with E-state index < -0.39 is 11.8 Å². The van der Waals surface area contributed by atoms with Gasteiger partial charge in [-0.1, -0.05) is 0 Å². The number of hydrogen-bond acceptors (Lipinski definition) is 4. The predicted molar refractivity (Wildman–Crippen MR) is 74.1 cm³/mol. The van der Waals surface area contributed by atoms with Crippen LogP contribution in [0.2, 0.25) is 0 Å². The van der Waals surface area contributed by atoms with E-state index in [1.54, 1.807) is 5.48 Å². The third kappa shape index (κ3) is 2.22. The van der Waals surface area contributed by atoms with Gasteiger partial charge >= 0.3 is 0 Å². The normalized spacial score (nSPS) is 21.6. The van der Waals surface area contributed by atoms with Crippen molar-refractivity contribution in [3.8, 4) is 11.5 Å². The lowest BCUT2D eigenvalue weighted by Gasteiger charge is -2.22. The van der Waals surface area contributed by atoms with E-state index in [1.807, 2.05) is 27.7 Å². The predicted octanol–water partition coefficient (Wildman–Crippen LogP) is 2.15. The van der Waals surface area contributed by atoms with E-state index in [-0.39, 0.29) is 6.10 Å². The Bertz CT molecular complexity index is 554. The van der Waals surface area contributed by atoms with Crippen LogP contribution < -0.4 is 10.2 Å². The van der Waals surface area contributed by atoms with Gasteiger partial charge in [-0.2, -0.15) is 0 Å².